The standard InChI is InChI=1S/C23H22ClN3O4S3/c1-16-8-6-7-11-19(16)25-21(29)14-17(2)32-23(27(15-28)18-9-4-3-5-10-18)26-34(30,31)22-13-12-20(24)33-22/h3-13,15,17H,14H2,1-2H3,(H,25,29). The molecule has 0 saturated carbocycles. The number of sulfonamides is 1. The number of rotatable bonds is 8. The number of para-hydroxylation sites is 2. The Morgan fingerprint density at radius 1 is 1.15 bits per heavy atom. The number of aryl methyl sites for hydroxylation is 1. The number of hydrogen-bond acceptors (Lipinski definition) is 6. The molecule has 11 heteroatoms. The first kappa shape index (κ1) is 26.0. The van der Waals surface area contributed by atoms with Crippen molar-refractivity contribution in [2.24, 2.45) is 4.40 Å². The largest absolute Gasteiger partial charge is 0.326 e. The Balaban J connectivity index is 1.86. The molecule has 0 spiro atoms. The van der Waals surface area contributed by atoms with Crippen LogP contribution in [0.4, 0.5) is 11.4 Å². The Morgan fingerprint density at radius 3 is 2.44 bits per heavy atom. The topological polar surface area (TPSA) is 95.9 Å². The molecule has 0 aliphatic heterocycles. The van der Waals surface area contributed by atoms with Crippen molar-refractivity contribution in [1.82, 2.24) is 0 Å². The van der Waals surface area contributed by atoms with Crippen molar-refractivity contribution in [3.63, 3.8) is 0 Å². The summed E-state index contributed by atoms with van der Waals surface area (Å²) < 4.78 is 30.1. The molecule has 0 fully saturated rings. The molecule has 0 aliphatic carbocycles. The van der Waals surface area contributed by atoms with Crippen LogP contribution in [0.1, 0.15) is 18.9 Å². The Labute approximate surface area is 211 Å². The first-order valence-corrected chi connectivity index (χ1v) is 13.6. The zero-order valence-corrected chi connectivity index (χ0v) is 21.5. The lowest BCUT2D eigenvalue weighted by atomic mass is 10.2. The highest BCUT2D eigenvalue weighted by atomic mass is 35.5. The molecule has 2 amide bonds. The van der Waals surface area contributed by atoms with Crippen LogP contribution in [0.2, 0.25) is 4.34 Å². The van der Waals surface area contributed by atoms with Crippen LogP contribution < -0.4 is 10.2 Å². The van der Waals surface area contributed by atoms with Crippen molar-refractivity contribution >= 4 is 73.6 Å². The van der Waals surface area contributed by atoms with Crippen LogP contribution in [0.25, 0.3) is 0 Å². The van der Waals surface area contributed by atoms with Gasteiger partial charge >= 0.3 is 0 Å². The van der Waals surface area contributed by atoms with Crippen molar-refractivity contribution in [2.45, 2.75) is 29.7 Å². The van der Waals surface area contributed by atoms with Gasteiger partial charge in [0.05, 0.1) is 10.0 Å². The van der Waals surface area contributed by atoms with Crippen molar-refractivity contribution in [2.75, 3.05) is 10.2 Å². The second-order valence-corrected chi connectivity index (χ2v) is 12.2. The lowest BCUT2D eigenvalue weighted by molar-refractivity contribution is -0.116. The zero-order valence-electron chi connectivity index (χ0n) is 18.3. The third-order valence-electron chi connectivity index (χ3n) is 4.55. The predicted octanol–water partition coefficient (Wildman–Crippen LogP) is 5.57. The Kier molecular flexibility index (Phi) is 8.90. The van der Waals surface area contributed by atoms with E-state index in [1.54, 1.807) is 43.3 Å². The molecule has 1 N–H and O–H groups in total. The molecule has 0 aliphatic rings. The van der Waals surface area contributed by atoms with Gasteiger partial charge in [-0.2, -0.15) is 8.42 Å². The fraction of sp³-hybridized carbons (Fsp3) is 0.174. The van der Waals surface area contributed by atoms with Crippen LogP contribution in [0.3, 0.4) is 0 Å². The van der Waals surface area contributed by atoms with E-state index in [9.17, 15) is 18.0 Å². The van der Waals surface area contributed by atoms with Gasteiger partial charge in [-0.25, -0.2) is 0 Å². The van der Waals surface area contributed by atoms with E-state index in [1.165, 1.54) is 12.1 Å². The number of carbonyl (C=O) groups excluding carboxylic acids is 2. The number of amides is 2. The number of benzene rings is 2. The summed E-state index contributed by atoms with van der Waals surface area (Å²) in [4.78, 5) is 25.7. The number of halogens is 1. The molecular weight excluding hydrogens is 514 g/mol. The van der Waals surface area contributed by atoms with Crippen LogP contribution in [0, 0.1) is 6.92 Å². The van der Waals surface area contributed by atoms with E-state index in [2.05, 4.69) is 9.71 Å². The predicted molar refractivity (Wildman–Crippen MR) is 140 cm³/mol. The molecule has 2 aromatic carbocycles. The van der Waals surface area contributed by atoms with Crippen LogP contribution in [-0.2, 0) is 19.6 Å². The average Bonchev–Trinajstić information content (AvgIpc) is 3.23. The van der Waals surface area contributed by atoms with Gasteiger partial charge < -0.3 is 5.32 Å². The lowest BCUT2D eigenvalue weighted by Crippen LogP contribution is -2.30. The zero-order chi connectivity index (χ0) is 24.7. The van der Waals surface area contributed by atoms with E-state index >= 15 is 0 Å². The van der Waals surface area contributed by atoms with Crippen molar-refractivity contribution in [1.29, 1.82) is 0 Å². The molecule has 7 nitrogen and oxygen atoms in total. The third-order valence-corrected chi connectivity index (χ3v) is 8.69. The Hall–Kier alpha value is -2.66. The molecule has 0 saturated heterocycles. The fourth-order valence-electron chi connectivity index (χ4n) is 2.91. The molecule has 1 aromatic heterocycles. The summed E-state index contributed by atoms with van der Waals surface area (Å²) in [5, 5.41) is 2.40. The van der Waals surface area contributed by atoms with Crippen molar-refractivity contribution in [3.05, 3.63) is 76.6 Å². The maximum absolute atomic E-state index is 12.9. The smallest absolute Gasteiger partial charge is 0.294 e. The van der Waals surface area contributed by atoms with E-state index < -0.39 is 15.3 Å². The summed E-state index contributed by atoms with van der Waals surface area (Å²) in [6.07, 6.45) is 0.572. The van der Waals surface area contributed by atoms with Crippen LogP contribution in [0.15, 0.2) is 75.3 Å². The molecule has 0 radical (unpaired) electrons. The summed E-state index contributed by atoms with van der Waals surface area (Å²) in [5.41, 5.74) is 2.07. The highest BCUT2D eigenvalue weighted by Crippen LogP contribution is 2.30. The number of anilines is 2. The van der Waals surface area contributed by atoms with Gasteiger partial charge in [-0.1, -0.05) is 66.7 Å². The first-order chi connectivity index (χ1) is 16.2. The number of thioether (sulfide) groups is 1. The summed E-state index contributed by atoms with van der Waals surface area (Å²) in [6, 6.07) is 18.8. The number of thiophene rings is 1. The van der Waals surface area contributed by atoms with Gasteiger partial charge in [0.15, 0.2) is 5.17 Å². The Morgan fingerprint density at radius 2 is 1.82 bits per heavy atom. The second kappa shape index (κ2) is 11.7. The molecule has 1 unspecified atom stereocenters. The third kappa shape index (κ3) is 6.92. The molecule has 1 heterocycles. The minimum absolute atomic E-state index is 0.0422. The van der Waals surface area contributed by atoms with Gasteiger partial charge in [0.2, 0.25) is 12.3 Å². The van der Waals surface area contributed by atoms with Crippen LogP contribution in [0.5, 0.6) is 0 Å². The van der Waals surface area contributed by atoms with E-state index in [1.807, 2.05) is 25.1 Å². The summed E-state index contributed by atoms with van der Waals surface area (Å²) in [7, 11) is -4.13. The van der Waals surface area contributed by atoms with E-state index in [0.29, 0.717) is 22.1 Å². The van der Waals surface area contributed by atoms with Gasteiger partial charge in [0, 0.05) is 17.4 Å². The van der Waals surface area contributed by atoms with Crippen LogP contribution >= 0.6 is 34.7 Å². The van der Waals surface area contributed by atoms with E-state index in [0.717, 1.165) is 33.6 Å². The Bertz CT molecular complexity index is 1290. The van der Waals surface area contributed by atoms with Crippen molar-refractivity contribution in [3.8, 4) is 0 Å². The quantitative estimate of drug-likeness (QED) is 0.231. The van der Waals surface area contributed by atoms with E-state index in [-0.39, 0.29) is 21.7 Å². The molecule has 178 valence electrons. The normalized spacial score (nSPS) is 12.7. The van der Waals surface area contributed by atoms with Gasteiger partial charge in [-0.05, 0) is 42.8 Å². The average molecular weight is 536 g/mol. The number of hydrogen-bond donors (Lipinski definition) is 1. The maximum Gasteiger partial charge on any atom is 0.294 e. The van der Waals surface area contributed by atoms with E-state index in [4.69, 9.17) is 11.6 Å². The van der Waals surface area contributed by atoms with Crippen molar-refractivity contribution < 1.29 is 18.0 Å². The lowest BCUT2D eigenvalue weighted by Gasteiger charge is -2.21. The van der Waals surface area contributed by atoms with Gasteiger partial charge in [-0.3, -0.25) is 14.5 Å². The maximum atomic E-state index is 12.9. The number of carbonyl (C=O) groups is 2. The summed E-state index contributed by atoms with van der Waals surface area (Å²) in [5.74, 6) is -0.237. The van der Waals surface area contributed by atoms with Gasteiger partial charge in [0.1, 0.15) is 4.21 Å². The summed E-state index contributed by atoms with van der Waals surface area (Å²) in [6.45, 7) is 3.66. The number of nitrogens with zero attached hydrogens (tertiary/aromatic N) is 2. The van der Waals surface area contributed by atoms with Gasteiger partial charge in [-0.15, -0.1) is 15.7 Å². The minimum Gasteiger partial charge on any atom is -0.326 e. The first-order valence-electron chi connectivity index (χ1n) is 10.1. The summed E-state index contributed by atoms with van der Waals surface area (Å²) >= 11 is 7.79. The highest BCUT2D eigenvalue weighted by molar-refractivity contribution is 8.15. The molecule has 3 rings (SSSR count). The SMILES string of the molecule is Cc1ccccc1NC(=O)CC(C)SC(=NS(=O)(=O)c1ccc(Cl)s1)N(C=O)c1ccccc1. The van der Waals surface area contributed by atoms with Crippen LogP contribution in [-0.4, -0.2) is 31.2 Å². The highest BCUT2D eigenvalue weighted by Gasteiger charge is 2.24. The monoisotopic (exact) mass is 535 g/mol. The fourth-order valence-corrected chi connectivity index (χ4v) is 6.57. The van der Waals surface area contributed by atoms with Gasteiger partial charge in [0.25, 0.3) is 10.0 Å². The number of amidine groups is 1. The molecule has 0 bridgehead atoms. The number of nitrogens with one attached hydrogen (secondary N) is 1. The second-order valence-electron chi connectivity index (χ2n) is 7.21. The minimum atomic E-state index is -4.13. The molecule has 34 heavy (non-hydrogen) atoms. The molecule has 1 atom stereocenters. The molecular formula is C23H22ClN3O4S3. The molecule has 3 aromatic rings.